The van der Waals surface area contributed by atoms with Crippen molar-refractivity contribution >= 4 is 72.4 Å². The molecule has 1 amide bonds. The van der Waals surface area contributed by atoms with Crippen LogP contribution in [-0.2, 0) is 6.61 Å². The van der Waals surface area contributed by atoms with Gasteiger partial charge in [0.25, 0.3) is 0 Å². The lowest BCUT2D eigenvalue weighted by Gasteiger charge is -2.12. The van der Waals surface area contributed by atoms with Gasteiger partial charge in [-0.05, 0) is 70.1 Å². The third-order valence-corrected chi connectivity index (χ3v) is 6.79. The highest BCUT2D eigenvalue weighted by molar-refractivity contribution is 14.1. The molecule has 1 N–H and O–H groups in total. The quantitative estimate of drug-likeness (QED) is 0.118. The standard InChI is InChI=1S/C28H20BrIN2O3/c1-17-5-4-6-18(11-17)16-34-25-10-9-19-7-2-3-8-22(19)23(25)15-31-32-28(33)26-13-20-12-21(29)14-24(30)27(20)35-26/h2-15H,16H2,1H3,(H,32,33)/b31-15-. The summed E-state index contributed by atoms with van der Waals surface area (Å²) in [5.41, 5.74) is 6.31. The number of halogens is 2. The maximum atomic E-state index is 12.7. The van der Waals surface area contributed by atoms with Crippen molar-refractivity contribution < 1.29 is 13.9 Å². The van der Waals surface area contributed by atoms with E-state index < -0.39 is 5.91 Å². The molecule has 0 aliphatic carbocycles. The van der Waals surface area contributed by atoms with Crippen molar-refractivity contribution in [1.29, 1.82) is 0 Å². The minimum absolute atomic E-state index is 0.196. The minimum atomic E-state index is -0.424. The third-order valence-electron chi connectivity index (χ3n) is 5.53. The Kier molecular flexibility index (Phi) is 6.88. The van der Waals surface area contributed by atoms with Crippen LogP contribution in [0.2, 0.25) is 0 Å². The molecule has 1 aromatic heterocycles. The Morgan fingerprint density at radius 1 is 1.06 bits per heavy atom. The van der Waals surface area contributed by atoms with Crippen LogP contribution in [0.1, 0.15) is 27.2 Å². The van der Waals surface area contributed by atoms with Gasteiger partial charge >= 0.3 is 5.91 Å². The van der Waals surface area contributed by atoms with Gasteiger partial charge < -0.3 is 9.15 Å². The molecule has 0 radical (unpaired) electrons. The molecule has 0 saturated heterocycles. The zero-order chi connectivity index (χ0) is 24.4. The summed E-state index contributed by atoms with van der Waals surface area (Å²) in [4.78, 5) is 12.7. The minimum Gasteiger partial charge on any atom is -0.488 e. The summed E-state index contributed by atoms with van der Waals surface area (Å²) >= 11 is 5.66. The number of hydrogen-bond donors (Lipinski definition) is 1. The molecule has 35 heavy (non-hydrogen) atoms. The highest BCUT2D eigenvalue weighted by atomic mass is 127. The van der Waals surface area contributed by atoms with Gasteiger partial charge in [-0.25, -0.2) is 5.43 Å². The highest BCUT2D eigenvalue weighted by Gasteiger charge is 2.14. The topological polar surface area (TPSA) is 63.8 Å². The number of aryl methyl sites for hydroxylation is 1. The van der Waals surface area contributed by atoms with Gasteiger partial charge in [-0.15, -0.1) is 0 Å². The maximum absolute atomic E-state index is 12.7. The Morgan fingerprint density at radius 2 is 1.91 bits per heavy atom. The summed E-state index contributed by atoms with van der Waals surface area (Å²) in [6, 6.07) is 25.7. The second-order valence-corrected chi connectivity index (χ2v) is 10.2. The molecule has 1 heterocycles. The van der Waals surface area contributed by atoms with Gasteiger partial charge in [-0.3, -0.25) is 4.79 Å². The smallest absolute Gasteiger partial charge is 0.307 e. The van der Waals surface area contributed by atoms with Gasteiger partial charge in [-0.2, -0.15) is 5.10 Å². The molecule has 5 rings (SSSR count). The van der Waals surface area contributed by atoms with E-state index in [9.17, 15) is 4.79 Å². The van der Waals surface area contributed by atoms with Crippen LogP contribution in [0.4, 0.5) is 0 Å². The number of carbonyl (C=O) groups excluding carboxylic acids is 1. The third kappa shape index (κ3) is 5.26. The van der Waals surface area contributed by atoms with Gasteiger partial charge in [0, 0.05) is 15.4 Å². The lowest BCUT2D eigenvalue weighted by Crippen LogP contribution is -2.16. The van der Waals surface area contributed by atoms with Crippen molar-refractivity contribution in [3.05, 3.63) is 109 Å². The monoisotopic (exact) mass is 638 g/mol. The second-order valence-electron chi connectivity index (χ2n) is 8.09. The number of amides is 1. The van der Waals surface area contributed by atoms with Gasteiger partial charge in [0.05, 0.1) is 9.78 Å². The van der Waals surface area contributed by atoms with E-state index in [1.807, 2.05) is 60.7 Å². The number of carbonyl (C=O) groups is 1. The number of rotatable bonds is 6. The van der Waals surface area contributed by atoms with E-state index in [2.05, 4.69) is 68.1 Å². The van der Waals surface area contributed by atoms with Crippen molar-refractivity contribution in [1.82, 2.24) is 5.43 Å². The van der Waals surface area contributed by atoms with E-state index in [0.29, 0.717) is 17.9 Å². The largest absolute Gasteiger partial charge is 0.488 e. The molecule has 5 nitrogen and oxygen atoms in total. The molecule has 0 bridgehead atoms. The number of ether oxygens (including phenoxy) is 1. The van der Waals surface area contributed by atoms with E-state index in [-0.39, 0.29) is 5.76 Å². The first-order valence-corrected chi connectivity index (χ1v) is 12.8. The molecular formula is C28H20BrIN2O3. The molecule has 0 aliphatic heterocycles. The second kappa shape index (κ2) is 10.2. The molecule has 5 aromatic rings. The van der Waals surface area contributed by atoms with Crippen LogP contribution in [0.15, 0.2) is 92.9 Å². The number of hydrazone groups is 1. The molecule has 0 aliphatic rings. The fourth-order valence-corrected chi connectivity index (χ4v) is 5.56. The lowest BCUT2D eigenvalue weighted by atomic mass is 10.0. The Bertz CT molecular complexity index is 1590. The van der Waals surface area contributed by atoms with Crippen molar-refractivity contribution in [3.8, 4) is 5.75 Å². The average Bonchev–Trinajstić information content (AvgIpc) is 3.28. The molecular weight excluding hydrogens is 619 g/mol. The van der Waals surface area contributed by atoms with Crippen molar-refractivity contribution in [3.63, 3.8) is 0 Å². The van der Waals surface area contributed by atoms with Gasteiger partial charge in [0.1, 0.15) is 17.9 Å². The first-order chi connectivity index (χ1) is 17.0. The van der Waals surface area contributed by atoms with Crippen LogP contribution in [0.25, 0.3) is 21.7 Å². The molecule has 0 spiro atoms. The Balaban J connectivity index is 1.40. The first-order valence-electron chi connectivity index (χ1n) is 10.9. The van der Waals surface area contributed by atoms with E-state index in [1.54, 1.807) is 12.3 Å². The predicted molar refractivity (Wildman–Crippen MR) is 151 cm³/mol. The normalized spacial score (nSPS) is 11.4. The summed E-state index contributed by atoms with van der Waals surface area (Å²) in [6.45, 7) is 2.49. The van der Waals surface area contributed by atoms with Gasteiger partial charge in [0.15, 0.2) is 5.76 Å². The lowest BCUT2D eigenvalue weighted by molar-refractivity contribution is 0.0929. The summed E-state index contributed by atoms with van der Waals surface area (Å²) in [5, 5.41) is 7.12. The SMILES string of the molecule is Cc1cccc(COc2ccc3ccccc3c2/C=N\NC(=O)c2cc3cc(Br)cc(I)c3o2)c1. The van der Waals surface area contributed by atoms with Crippen LogP contribution in [0, 0.1) is 10.5 Å². The molecule has 4 aromatic carbocycles. The van der Waals surface area contributed by atoms with Crippen LogP contribution in [0.5, 0.6) is 5.75 Å². The number of fused-ring (bicyclic) bond motifs is 2. The highest BCUT2D eigenvalue weighted by Crippen LogP contribution is 2.29. The number of furan rings is 1. The summed E-state index contributed by atoms with van der Waals surface area (Å²) in [5.74, 6) is 0.459. The molecule has 0 unspecified atom stereocenters. The summed E-state index contributed by atoms with van der Waals surface area (Å²) < 4.78 is 13.8. The van der Waals surface area contributed by atoms with Crippen molar-refractivity contribution in [2.75, 3.05) is 0 Å². The summed E-state index contributed by atoms with van der Waals surface area (Å²) in [7, 11) is 0. The van der Waals surface area contributed by atoms with Crippen molar-refractivity contribution in [2.45, 2.75) is 13.5 Å². The molecule has 0 atom stereocenters. The fourth-order valence-electron chi connectivity index (χ4n) is 3.90. The van der Waals surface area contributed by atoms with Crippen LogP contribution in [-0.4, -0.2) is 12.1 Å². The van der Waals surface area contributed by atoms with E-state index in [4.69, 9.17) is 9.15 Å². The Labute approximate surface area is 224 Å². The zero-order valence-electron chi connectivity index (χ0n) is 18.7. The number of nitrogens with zero attached hydrogens (tertiary/aromatic N) is 1. The maximum Gasteiger partial charge on any atom is 0.307 e. The Hall–Kier alpha value is -3.17. The molecule has 0 fully saturated rings. The predicted octanol–water partition coefficient (Wildman–Crippen LogP) is 7.60. The number of hydrogen-bond acceptors (Lipinski definition) is 4. The van der Waals surface area contributed by atoms with E-state index in [0.717, 1.165) is 35.3 Å². The fraction of sp³-hybridized carbons (Fsp3) is 0.0714. The van der Waals surface area contributed by atoms with Crippen LogP contribution < -0.4 is 10.2 Å². The van der Waals surface area contributed by atoms with Crippen LogP contribution >= 0.6 is 38.5 Å². The first kappa shape index (κ1) is 23.6. The van der Waals surface area contributed by atoms with Crippen molar-refractivity contribution in [2.24, 2.45) is 5.10 Å². The van der Waals surface area contributed by atoms with E-state index >= 15 is 0 Å². The average molecular weight is 639 g/mol. The van der Waals surface area contributed by atoms with Gasteiger partial charge in [0.2, 0.25) is 0 Å². The molecule has 0 saturated carbocycles. The van der Waals surface area contributed by atoms with E-state index in [1.165, 1.54) is 5.56 Å². The number of benzene rings is 4. The van der Waals surface area contributed by atoms with Crippen LogP contribution in [0.3, 0.4) is 0 Å². The molecule has 7 heteroatoms. The zero-order valence-corrected chi connectivity index (χ0v) is 22.5. The number of nitrogens with one attached hydrogen (secondary N) is 1. The molecule has 174 valence electrons. The Morgan fingerprint density at radius 3 is 2.77 bits per heavy atom. The van der Waals surface area contributed by atoms with Gasteiger partial charge in [-0.1, -0.05) is 76.1 Å². The summed E-state index contributed by atoms with van der Waals surface area (Å²) in [6.07, 6.45) is 1.62.